The van der Waals surface area contributed by atoms with Crippen LogP contribution in [0.1, 0.15) is 5.56 Å². The number of hydrogen-bond acceptors (Lipinski definition) is 4. The van der Waals surface area contributed by atoms with Crippen molar-refractivity contribution in [2.45, 2.75) is 6.42 Å². The predicted molar refractivity (Wildman–Crippen MR) is 79.0 cm³/mol. The highest BCUT2D eigenvalue weighted by Gasteiger charge is 2.24. The first kappa shape index (κ1) is 11.5. The molecule has 102 valence electrons. The Labute approximate surface area is 117 Å². The average Bonchev–Trinajstić information content (AvgIpc) is 2.90. The third-order valence-corrected chi connectivity index (χ3v) is 3.87. The molecule has 0 spiro atoms. The molecule has 0 unspecified atom stereocenters. The van der Waals surface area contributed by atoms with Crippen LogP contribution in [-0.2, 0) is 6.42 Å². The van der Waals surface area contributed by atoms with Crippen LogP contribution < -0.4 is 20.1 Å². The second-order valence-corrected chi connectivity index (χ2v) is 5.09. The lowest BCUT2D eigenvalue weighted by Gasteiger charge is -2.25. The van der Waals surface area contributed by atoms with Gasteiger partial charge in [-0.25, -0.2) is 0 Å². The van der Waals surface area contributed by atoms with Crippen molar-refractivity contribution in [2.24, 2.45) is 0 Å². The van der Waals surface area contributed by atoms with Gasteiger partial charge in [0.1, 0.15) is 13.2 Å². The van der Waals surface area contributed by atoms with Gasteiger partial charge in [0.05, 0.1) is 11.4 Å². The summed E-state index contributed by atoms with van der Waals surface area (Å²) in [6, 6.07) is 12.3. The van der Waals surface area contributed by atoms with Crippen molar-refractivity contribution in [2.75, 3.05) is 30.4 Å². The molecule has 20 heavy (non-hydrogen) atoms. The first-order chi connectivity index (χ1) is 9.83. The first-order valence-electron chi connectivity index (χ1n) is 6.87. The fourth-order valence-electron chi connectivity index (χ4n) is 2.92. The number of nitrogens with two attached hydrogens (primary N) is 1. The number of benzene rings is 2. The minimum atomic E-state index is 0.582. The molecule has 2 aromatic carbocycles. The van der Waals surface area contributed by atoms with Crippen molar-refractivity contribution in [3.05, 3.63) is 42.0 Å². The van der Waals surface area contributed by atoms with Gasteiger partial charge in [0.15, 0.2) is 11.5 Å². The lowest BCUT2D eigenvalue weighted by molar-refractivity contribution is 0.172. The maximum atomic E-state index is 6.20. The van der Waals surface area contributed by atoms with Crippen molar-refractivity contribution < 1.29 is 9.47 Å². The molecule has 0 radical (unpaired) electrons. The van der Waals surface area contributed by atoms with E-state index >= 15 is 0 Å². The van der Waals surface area contributed by atoms with E-state index in [1.807, 2.05) is 12.1 Å². The summed E-state index contributed by atoms with van der Waals surface area (Å²) in [5.41, 5.74) is 10.5. The molecule has 4 rings (SSSR count). The predicted octanol–water partition coefficient (Wildman–Crippen LogP) is 2.73. The van der Waals surface area contributed by atoms with E-state index in [1.54, 1.807) is 0 Å². The summed E-state index contributed by atoms with van der Waals surface area (Å²) in [4.78, 5) is 2.25. The SMILES string of the molecule is Nc1cc2c(cc1N1CCc3ccccc31)OCCO2. The van der Waals surface area contributed by atoms with Gasteiger partial charge in [0.25, 0.3) is 0 Å². The minimum Gasteiger partial charge on any atom is -0.486 e. The Morgan fingerprint density at radius 1 is 0.950 bits per heavy atom. The normalized spacial score (nSPS) is 16.1. The van der Waals surface area contributed by atoms with Gasteiger partial charge in [0.2, 0.25) is 0 Å². The third kappa shape index (κ3) is 1.68. The van der Waals surface area contributed by atoms with E-state index in [4.69, 9.17) is 15.2 Å². The summed E-state index contributed by atoms with van der Waals surface area (Å²) in [6.45, 7) is 2.12. The zero-order valence-electron chi connectivity index (χ0n) is 11.1. The molecule has 0 fully saturated rings. The summed E-state index contributed by atoms with van der Waals surface area (Å²) in [6.07, 6.45) is 1.05. The fraction of sp³-hybridized carbons (Fsp3) is 0.250. The van der Waals surface area contributed by atoms with Crippen molar-refractivity contribution in [3.8, 4) is 11.5 Å². The fourth-order valence-corrected chi connectivity index (χ4v) is 2.92. The average molecular weight is 268 g/mol. The molecule has 0 aliphatic carbocycles. The number of anilines is 3. The molecule has 2 N–H and O–H groups in total. The van der Waals surface area contributed by atoms with Gasteiger partial charge in [-0.3, -0.25) is 0 Å². The number of ether oxygens (including phenoxy) is 2. The Morgan fingerprint density at radius 3 is 2.55 bits per heavy atom. The maximum absolute atomic E-state index is 6.20. The molecule has 4 heteroatoms. The molecular weight excluding hydrogens is 252 g/mol. The Kier molecular flexibility index (Phi) is 2.49. The van der Waals surface area contributed by atoms with E-state index < -0.39 is 0 Å². The molecule has 0 bridgehead atoms. The Bertz CT molecular complexity index is 670. The lowest BCUT2D eigenvalue weighted by Crippen LogP contribution is -2.18. The van der Waals surface area contributed by atoms with Gasteiger partial charge in [-0.05, 0) is 18.1 Å². The van der Waals surface area contributed by atoms with Crippen LogP contribution in [0.15, 0.2) is 36.4 Å². The van der Waals surface area contributed by atoms with Crippen LogP contribution in [0, 0.1) is 0 Å². The molecular formula is C16H16N2O2. The second-order valence-electron chi connectivity index (χ2n) is 5.09. The van der Waals surface area contributed by atoms with E-state index in [0.717, 1.165) is 35.8 Å². The molecule has 2 aliphatic heterocycles. The molecule has 0 aromatic heterocycles. The highest BCUT2D eigenvalue weighted by Crippen LogP contribution is 2.43. The van der Waals surface area contributed by atoms with Gasteiger partial charge >= 0.3 is 0 Å². The number of rotatable bonds is 1. The molecule has 2 aromatic rings. The van der Waals surface area contributed by atoms with E-state index in [-0.39, 0.29) is 0 Å². The zero-order valence-corrected chi connectivity index (χ0v) is 11.1. The topological polar surface area (TPSA) is 47.7 Å². The van der Waals surface area contributed by atoms with E-state index in [1.165, 1.54) is 11.3 Å². The van der Waals surface area contributed by atoms with Crippen LogP contribution in [0.3, 0.4) is 0 Å². The highest BCUT2D eigenvalue weighted by molar-refractivity contribution is 5.81. The van der Waals surface area contributed by atoms with Gasteiger partial charge in [0, 0.05) is 24.4 Å². The molecule has 0 saturated heterocycles. The number of nitrogens with zero attached hydrogens (tertiary/aromatic N) is 1. The summed E-state index contributed by atoms with van der Waals surface area (Å²) in [7, 11) is 0. The molecule has 0 amide bonds. The number of fused-ring (bicyclic) bond motifs is 2. The smallest absolute Gasteiger partial charge is 0.163 e. The third-order valence-electron chi connectivity index (χ3n) is 3.87. The molecule has 0 atom stereocenters. The van der Waals surface area contributed by atoms with Crippen molar-refractivity contribution in [1.29, 1.82) is 0 Å². The second kappa shape index (κ2) is 4.34. The van der Waals surface area contributed by atoms with Crippen LogP contribution in [0.2, 0.25) is 0 Å². The maximum Gasteiger partial charge on any atom is 0.163 e. The van der Waals surface area contributed by atoms with Crippen molar-refractivity contribution >= 4 is 17.1 Å². The van der Waals surface area contributed by atoms with Crippen LogP contribution in [0.25, 0.3) is 0 Å². The summed E-state index contributed by atoms with van der Waals surface area (Å²) < 4.78 is 11.2. The molecule has 4 nitrogen and oxygen atoms in total. The largest absolute Gasteiger partial charge is 0.486 e. The first-order valence-corrected chi connectivity index (χ1v) is 6.87. The molecule has 2 aliphatic rings. The van der Waals surface area contributed by atoms with E-state index in [2.05, 4.69) is 29.2 Å². The number of hydrogen-bond donors (Lipinski definition) is 1. The van der Waals surface area contributed by atoms with Crippen LogP contribution in [0.4, 0.5) is 17.1 Å². The monoisotopic (exact) mass is 268 g/mol. The van der Waals surface area contributed by atoms with Crippen LogP contribution in [0.5, 0.6) is 11.5 Å². The van der Waals surface area contributed by atoms with E-state index in [0.29, 0.717) is 13.2 Å². The van der Waals surface area contributed by atoms with Gasteiger partial charge in [-0.15, -0.1) is 0 Å². The number of nitrogen functional groups attached to an aromatic ring is 1. The zero-order chi connectivity index (χ0) is 13.5. The summed E-state index contributed by atoms with van der Waals surface area (Å²) in [5, 5.41) is 0. The molecule has 2 heterocycles. The van der Waals surface area contributed by atoms with Gasteiger partial charge in [-0.2, -0.15) is 0 Å². The Balaban J connectivity index is 1.80. The van der Waals surface area contributed by atoms with E-state index in [9.17, 15) is 0 Å². The van der Waals surface area contributed by atoms with Crippen molar-refractivity contribution in [1.82, 2.24) is 0 Å². The summed E-state index contributed by atoms with van der Waals surface area (Å²) >= 11 is 0. The van der Waals surface area contributed by atoms with Crippen LogP contribution in [-0.4, -0.2) is 19.8 Å². The minimum absolute atomic E-state index is 0.582. The van der Waals surface area contributed by atoms with Crippen molar-refractivity contribution in [3.63, 3.8) is 0 Å². The van der Waals surface area contributed by atoms with Gasteiger partial charge < -0.3 is 20.1 Å². The summed E-state index contributed by atoms with van der Waals surface area (Å²) in [5.74, 6) is 1.52. The lowest BCUT2D eigenvalue weighted by atomic mass is 10.1. The highest BCUT2D eigenvalue weighted by atomic mass is 16.6. The molecule has 0 saturated carbocycles. The van der Waals surface area contributed by atoms with Gasteiger partial charge in [-0.1, -0.05) is 18.2 Å². The van der Waals surface area contributed by atoms with Crippen LogP contribution >= 0.6 is 0 Å². The standard InChI is InChI=1S/C16H16N2O2/c17-12-9-15-16(20-8-7-19-15)10-14(12)18-6-5-11-3-1-2-4-13(11)18/h1-4,9-10H,5-8,17H2. The Hall–Kier alpha value is -2.36. The Morgan fingerprint density at radius 2 is 1.70 bits per heavy atom. The number of para-hydroxylation sites is 1. The quantitative estimate of drug-likeness (QED) is 0.808.